The molecule has 1 aliphatic heterocycles. The number of methoxy groups -OCH3 is 2. The molecule has 2 aromatic rings. The molecule has 26 heavy (non-hydrogen) atoms. The second kappa shape index (κ2) is 7.88. The molecule has 0 N–H and O–H groups in total. The van der Waals surface area contributed by atoms with E-state index < -0.39 is 10.0 Å². The predicted octanol–water partition coefficient (Wildman–Crippen LogP) is 1.73. The van der Waals surface area contributed by atoms with Crippen LogP contribution in [0.3, 0.4) is 0 Å². The first-order valence-corrected chi connectivity index (χ1v) is 9.64. The quantitative estimate of drug-likeness (QED) is 0.755. The van der Waals surface area contributed by atoms with Crippen LogP contribution in [-0.4, -0.2) is 56.1 Å². The Labute approximate surface area is 152 Å². The van der Waals surface area contributed by atoms with Gasteiger partial charge in [-0.05, 0) is 25.0 Å². The van der Waals surface area contributed by atoms with Crippen LogP contribution in [0, 0.1) is 0 Å². The van der Waals surface area contributed by atoms with E-state index in [4.69, 9.17) is 14.2 Å². The van der Waals surface area contributed by atoms with Crippen LogP contribution in [0.1, 0.15) is 12.8 Å². The molecule has 1 fully saturated rings. The first-order valence-electron chi connectivity index (χ1n) is 8.20. The SMILES string of the molecule is COc1cncc(OC2CCCN(S(=O)(=O)c3ccccc3OC)C2)n1. The Morgan fingerprint density at radius 2 is 1.88 bits per heavy atom. The van der Waals surface area contributed by atoms with Gasteiger partial charge in [-0.1, -0.05) is 12.1 Å². The molecule has 1 aliphatic rings. The van der Waals surface area contributed by atoms with Gasteiger partial charge in [-0.25, -0.2) is 8.42 Å². The number of ether oxygens (including phenoxy) is 3. The number of aromatic nitrogens is 2. The van der Waals surface area contributed by atoms with Gasteiger partial charge in [-0.3, -0.25) is 4.98 Å². The van der Waals surface area contributed by atoms with Crippen molar-refractivity contribution in [2.75, 3.05) is 27.3 Å². The zero-order chi connectivity index (χ0) is 18.6. The number of hydrogen-bond acceptors (Lipinski definition) is 7. The highest BCUT2D eigenvalue weighted by atomic mass is 32.2. The van der Waals surface area contributed by atoms with Gasteiger partial charge in [0.15, 0.2) is 0 Å². The van der Waals surface area contributed by atoms with Gasteiger partial charge in [0.1, 0.15) is 16.7 Å². The molecule has 1 atom stereocenters. The van der Waals surface area contributed by atoms with E-state index in [1.54, 1.807) is 24.3 Å². The number of benzene rings is 1. The lowest BCUT2D eigenvalue weighted by atomic mass is 10.1. The fourth-order valence-corrected chi connectivity index (χ4v) is 4.51. The third kappa shape index (κ3) is 3.88. The number of para-hydroxylation sites is 1. The lowest BCUT2D eigenvalue weighted by Crippen LogP contribution is -2.44. The Bertz CT molecular complexity index is 859. The second-order valence-corrected chi connectivity index (χ2v) is 7.70. The van der Waals surface area contributed by atoms with Crippen molar-refractivity contribution < 1.29 is 22.6 Å². The molecule has 2 heterocycles. The van der Waals surface area contributed by atoms with Gasteiger partial charge in [0.05, 0.1) is 33.2 Å². The Kier molecular flexibility index (Phi) is 5.58. The van der Waals surface area contributed by atoms with Gasteiger partial charge >= 0.3 is 0 Å². The van der Waals surface area contributed by atoms with E-state index in [2.05, 4.69) is 9.97 Å². The van der Waals surface area contributed by atoms with Crippen LogP contribution in [-0.2, 0) is 10.0 Å². The van der Waals surface area contributed by atoms with Crippen LogP contribution in [0.5, 0.6) is 17.5 Å². The van der Waals surface area contributed by atoms with Crippen molar-refractivity contribution in [2.45, 2.75) is 23.8 Å². The molecule has 1 unspecified atom stereocenters. The summed E-state index contributed by atoms with van der Waals surface area (Å²) in [6, 6.07) is 6.60. The molecule has 0 amide bonds. The Hall–Kier alpha value is -2.39. The molecule has 140 valence electrons. The molecule has 0 aliphatic carbocycles. The third-order valence-corrected chi connectivity index (χ3v) is 6.02. The molecule has 0 bridgehead atoms. The summed E-state index contributed by atoms with van der Waals surface area (Å²) in [5.74, 6) is 0.983. The molecule has 0 spiro atoms. The van der Waals surface area contributed by atoms with Crippen molar-refractivity contribution in [3.63, 3.8) is 0 Å². The number of piperidine rings is 1. The highest BCUT2D eigenvalue weighted by molar-refractivity contribution is 7.89. The molecule has 3 rings (SSSR count). The summed E-state index contributed by atoms with van der Waals surface area (Å²) in [6.45, 7) is 0.670. The Balaban J connectivity index is 1.77. The first kappa shape index (κ1) is 18.4. The molecule has 1 aromatic carbocycles. The fourth-order valence-electron chi connectivity index (χ4n) is 2.85. The molecular weight excluding hydrogens is 358 g/mol. The van der Waals surface area contributed by atoms with Gasteiger partial charge < -0.3 is 14.2 Å². The Morgan fingerprint density at radius 1 is 1.12 bits per heavy atom. The van der Waals surface area contributed by atoms with Gasteiger partial charge in [0.25, 0.3) is 0 Å². The van der Waals surface area contributed by atoms with Crippen LogP contribution < -0.4 is 14.2 Å². The minimum atomic E-state index is -3.68. The summed E-state index contributed by atoms with van der Waals surface area (Å²) in [4.78, 5) is 8.32. The monoisotopic (exact) mass is 379 g/mol. The van der Waals surface area contributed by atoms with Crippen LogP contribution in [0.4, 0.5) is 0 Å². The maximum absolute atomic E-state index is 13.0. The smallest absolute Gasteiger partial charge is 0.246 e. The number of nitrogens with zero attached hydrogens (tertiary/aromatic N) is 3. The van der Waals surface area contributed by atoms with E-state index >= 15 is 0 Å². The average Bonchev–Trinajstić information content (AvgIpc) is 2.68. The summed E-state index contributed by atoms with van der Waals surface area (Å²) in [7, 11) is -0.723. The number of rotatable bonds is 6. The largest absolute Gasteiger partial charge is 0.495 e. The topological polar surface area (TPSA) is 90.9 Å². The predicted molar refractivity (Wildman–Crippen MR) is 94.0 cm³/mol. The standard InChI is InChI=1S/C17H21N3O5S/c1-23-14-7-3-4-8-15(14)26(21,22)20-9-5-6-13(12-20)25-17-11-18-10-16(19-17)24-2/h3-4,7-8,10-11,13H,5-6,9,12H2,1-2H3. The zero-order valence-corrected chi connectivity index (χ0v) is 15.5. The van der Waals surface area contributed by atoms with Gasteiger partial charge in [0.2, 0.25) is 21.8 Å². The molecule has 8 nitrogen and oxygen atoms in total. The minimum Gasteiger partial charge on any atom is -0.495 e. The number of sulfonamides is 1. The molecule has 1 saturated heterocycles. The van der Waals surface area contributed by atoms with Crippen LogP contribution in [0.25, 0.3) is 0 Å². The maximum Gasteiger partial charge on any atom is 0.246 e. The van der Waals surface area contributed by atoms with Crippen molar-refractivity contribution in [3.8, 4) is 17.5 Å². The van der Waals surface area contributed by atoms with Crippen molar-refractivity contribution in [2.24, 2.45) is 0 Å². The van der Waals surface area contributed by atoms with Crippen molar-refractivity contribution in [1.82, 2.24) is 14.3 Å². The lowest BCUT2D eigenvalue weighted by molar-refractivity contribution is 0.123. The maximum atomic E-state index is 13.0. The van der Waals surface area contributed by atoms with E-state index in [9.17, 15) is 8.42 Å². The van der Waals surface area contributed by atoms with Gasteiger partial charge in [0, 0.05) is 6.54 Å². The average molecular weight is 379 g/mol. The summed E-state index contributed by atoms with van der Waals surface area (Å²) >= 11 is 0. The second-order valence-electron chi connectivity index (χ2n) is 5.80. The van der Waals surface area contributed by atoms with E-state index in [1.165, 1.54) is 30.9 Å². The third-order valence-electron chi connectivity index (χ3n) is 4.11. The van der Waals surface area contributed by atoms with E-state index in [1.807, 2.05) is 0 Å². The summed E-state index contributed by atoms with van der Waals surface area (Å²) < 4.78 is 43.5. The van der Waals surface area contributed by atoms with Crippen LogP contribution in [0.2, 0.25) is 0 Å². The summed E-state index contributed by atoms with van der Waals surface area (Å²) in [5.41, 5.74) is 0. The van der Waals surface area contributed by atoms with E-state index in [-0.39, 0.29) is 17.5 Å². The van der Waals surface area contributed by atoms with Gasteiger partial charge in [-0.15, -0.1) is 0 Å². The van der Waals surface area contributed by atoms with E-state index in [0.29, 0.717) is 30.5 Å². The molecule has 0 radical (unpaired) electrons. The fraction of sp³-hybridized carbons (Fsp3) is 0.412. The lowest BCUT2D eigenvalue weighted by Gasteiger charge is -2.32. The number of hydrogen-bond donors (Lipinski definition) is 0. The normalized spacial score (nSPS) is 18.3. The molecule has 1 aromatic heterocycles. The highest BCUT2D eigenvalue weighted by Crippen LogP contribution is 2.29. The summed E-state index contributed by atoms with van der Waals surface area (Å²) in [5, 5.41) is 0. The summed E-state index contributed by atoms with van der Waals surface area (Å²) in [6.07, 6.45) is 4.07. The van der Waals surface area contributed by atoms with Crippen LogP contribution in [0.15, 0.2) is 41.6 Å². The highest BCUT2D eigenvalue weighted by Gasteiger charge is 2.33. The molecule has 9 heteroatoms. The van der Waals surface area contributed by atoms with E-state index in [0.717, 1.165) is 6.42 Å². The first-order chi connectivity index (χ1) is 12.5. The zero-order valence-electron chi connectivity index (χ0n) is 14.7. The van der Waals surface area contributed by atoms with Gasteiger partial charge in [-0.2, -0.15) is 9.29 Å². The Morgan fingerprint density at radius 3 is 2.65 bits per heavy atom. The minimum absolute atomic E-state index is 0.157. The molecule has 0 saturated carbocycles. The van der Waals surface area contributed by atoms with Crippen molar-refractivity contribution in [1.29, 1.82) is 0 Å². The molecular formula is C17H21N3O5S. The van der Waals surface area contributed by atoms with Crippen molar-refractivity contribution in [3.05, 3.63) is 36.7 Å². The van der Waals surface area contributed by atoms with Crippen LogP contribution >= 0.6 is 0 Å². The van der Waals surface area contributed by atoms with Crippen molar-refractivity contribution >= 4 is 10.0 Å².